The van der Waals surface area contributed by atoms with Gasteiger partial charge < -0.3 is 14.2 Å². The van der Waals surface area contributed by atoms with Crippen LogP contribution in [0.25, 0.3) is 0 Å². The normalized spacial score (nSPS) is 13.5. The number of rotatable bonds is 51. The second kappa shape index (κ2) is 62.8. The van der Waals surface area contributed by atoms with E-state index in [0.717, 1.165) is 167 Å². The molecule has 6 heteroatoms. The van der Waals surface area contributed by atoms with E-state index in [1.165, 1.54) is 0 Å². The second-order valence-corrected chi connectivity index (χ2v) is 18.8. The standard InChI is InChI=1S/C71H106O6/c1-4-7-10-13-16-19-22-25-28-31-34-35-38-40-43-46-49-52-55-58-61-64-70(73)76-67-68(77-71(74)65-62-59-56-53-50-47-44-41-37-33-30-27-24-21-18-15-12-9-6-3)66-75-69(72)63-60-57-54-51-48-45-42-39-36-32-29-26-23-20-17-14-11-8-5-2/h7-12,16-21,25-30,34-37,39-41,43,45,47-48,50,56,59,68H,4-6,13-15,22-24,31-33,38,42,44,46,49,51-55,57-58,60-67H2,1-3H3/b10-7-,11-8-,12-9-,19-16-,20-17-,21-18-,28-25-,29-26-,30-27-,35-34-,39-36-,41-37-,43-40-,48-45-,50-47-,59-56-. The Kier molecular flexibility index (Phi) is 58.1. The Morgan fingerprint density at radius 1 is 0.260 bits per heavy atom. The van der Waals surface area contributed by atoms with E-state index in [0.29, 0.717) is 12.8 Å². The fourth-order valence-corrected chi connectivity index (χ4v) is 7.23. The molecular formula is C71H106O6. The van der Waals surface area contributed by atoms with Crippen LogP contribution in [0.15, 0.2) is 194 Å². The van der Waals surface area contributed by atoms with Gasteiger partial charge in [0.15, 0.2) is 6.10 Å². The Hall–Kier alpha value is -5.75. The van der Waals surface area contributed by atoms with E-state index in [9.17, 15) is 14.4 Å². The van der Waals surface area contributed by atoms with Gasteiger partial charge in [0.25, 0.3) is 0 Å². The highest BCUT2D eigenvalue weighted by atomic mass is 16.6. The van der Waals surface area contributed by atoms with Gasteiger partial charge in [-0.2, -0.15) is 0 Å². The molecule has 6 nitrogen and oxygen atoms in total. The topological polar surface area (TPSA) is 78.9 Å². The summed E-state index contributed by atoms with van der Waals surface area (Å²) in [6.07, 6.45) is 95.7. The van der Waals surface area contributed by atoms with Crippen LogP contribution in [0.4, 0.5) is 0 Å². The third-order valence-corrected chi connectivity index (χ3v) is 11.6. The number of allylic oxidation sites excluding steroid dienone is 32. The van der Waals surface area contributed by atoms with Crippen LogP contribution in [-0.4, -0.2) is 37.2 Å². The Morgan fingerprint density at radius 2 is 0.494 bits per heavy atom. The van der Waals surface area contributed by atoms with Crippen LogP contribution >= 0.6 is 0 Å². The monoisotopic (exact) mass is 1050 g/mol. The summed E-state index contributed by atoms with van der Waals surface area (Å²) in [4.78, 5) is 38.2. The van der Waals surface area contributed by atoms with E-state index in [1.807, 2.05) is 12.2 Å². The molecule has 0 heterocycles. The van der Waals surface area contributed by atoms with E-state index < -0.39 is 12.1 Å². The maximum atomic E-state index is 12.9. The number of carbonyl (C=O) groups is 3. The van der Waals surface area contributed by atoms with Crippen molar-refractivity contribution in [2.75, 3.05) is 13.2 Å². The first-order valence-electron chi connectivity index (χ1n) is 29.9. The summed E-state index contributed by atoms with van der Waals surface area (Å²) in [7, 11) is 0. The fourth-order valence-electron chi connectivity index (χ4n) is 7.23. The lowest BCUT2D eigenvalue weighted by Gasteiger charge is -2.18. The summed E-state index contributed by atoms with van der Waals surface area (Å²) in [6, 6.07) is 0. The highest BCUT2D eigenvalue weighted by molar-refractivity contribution is 5.71. The van der Waals surface area contributed by atoms with Gasteiger partial charge in [0.1, 0.15) is 13.2 Å². The minimum atomic E-state index is -0.855. The van der Waals surface area contributed by atoms with Crippen LogP contribution in [0, 0.1) is 0 Å². The zero-order valence-electron chi connectivity index (χ0n) is 48.6. The van der Waals surface area contributed by atoms with Crippen molar-refractivity contribution < 1.29 is 28.6 Å². The summed E-state index contributed by atoms with van der Waals surface area (Å²) in [6.45, 7) is 6.17. The van der Waals surface area contributed by atoms with Crippen molar-refractivity contribution in [2.45, 2.75) is 219 Å². The lowest BCUT2D eigenvalue weighted by molar-refractivity contribution is -0.166. The minimum absolute atomic E-state index is 0.141. The van der Waals surface area contributed by atoms with Gasteiger partial charge >= 0.3 is 17.9 Å². The summed E-state index contributed by atoms with van der Waals surface area (Å²) in [5, 5.41) is 0. The first-order chi connectivity index (χ1) is 38.0. The molecule has 0 aliphatic heterocycles. The van der Waals surface area contributed by atoms with Gasteiger partial charge in [0.2, 0.25) is 0 Å². The summed E-state index contributed by atoms with van der Waals surface area (Å²) >= 11 is 0. The predicted molar refractivity (Wildman–Crippen MR) is 334 cm³/mol. The van der Waals surface area contributed by atoms with Crippen molar-refractivity contribution in [1.29, 1.82) is 0 Å². The Balaban J connectivity index is 4.65. The van der Waals surface area contributed by atoms with Gasteiger partial charge in [-0.05, 0) is 148 Å². The van der Waals surface area contributed by atoms with Crippen LogP contribution in [0.1, 0.15) is 213 Å². The molecule has 1 unspecified atom stereocenters. The summed E-state index contributed by atoms with van der Waals surface area (Å²) < 4.78 is 16.8. The van der Waals surface area contributed by atoms with Gasteiger partial charge in [-0.25, -0.2) is 0 Å². The SMILES string of the molecule is CC/C=C\C/C=C\C/C=C\C/C=C\C/C=C\C/C=C\CCC(=O)OC(COC(=O)CCCCC/C=C\C/C=C\C/C=C\C/C=C\C/C=C\CC)COC(=O)CCCCCCC/C=C\C/C=C\C/C=C\C/C=C\C/C=C\CC. The molecule has 1 atom stereocenters. The van der Waals surface area contributed by atoms with Gasteiger partial charge in [0, 0.05) is 19.3 Å². The average Bonchev–Trinajstić information content (AvgIpc) is 3.43. The molecule has 0 saturated carbocycles. The molecule has 0 aliphatic carbocycles. The molecule has 0 saturated heterocycles. The maximum Gasteiger partial charge on any atom is 0.306 e. The Labute approximate surface area is 471 Å². The Bertz CT molecular complexity index is 1880. The molecule has 426 valence electrons. The molecule has 0 N–H and O–H groups in total. The molecule has 0 aromatic heterocycles. The fraction of sp³-hybridized carbons (Fsp3) is 0.507. The summed E-state index contributed by atoms with van der Waals surface area (Å²) in [5.41, 5.74) is 0. The largest absolute Gasteiger partial charge is 0.462 e. The predicted octanol–water partition coefficient (Wildman–Crippen LogP) is 20.6. The molecule has 0 rings (SSSR count). The molecule has 0 radical (unpaired) electrons. The van der Waals surface area contributed by atoms with Crippen LogP contribution < -0.4 is 0 Å². The molecule has 0 spiro atoms. The van der Waals surface area contributed by atoms with Crippen LogP contribution in [0.3, 0.4) is 0 Å². The average molecular weight is 1060 g/mol. The number of hydrogen-bond acceptors (Lipinski definition) is 6. The van der Waals surface area contributed by atoms with E-state index in [1.54, 1.807) is 0 Å². The number of ether oxygens (including phenoxy) is 3. The van der Waals surface area contributed by atoms with Crippen molar-refractivity contribution in [1.82, 2.24) is 0 Å². The van der Waals surface area contributed by atoms with Gasteiger partial charge in [-0.15, -0.1) is 0 Å². The number of carbonyl (C=O) groups excluding carboxylic acids is 3. The first-order valence-corrected chi connectivity index (χ1v) is 29.9. The van der Waals surface area contributed by atoms with Crippen molar-refractivity contribution in [3.63, 3.8) is 0 Å². The lowest BCUT2D eigenvalue weighted by Crippen LogP contribution is -2.30. The first kappa shape index (κ1) is 71.2. The summed E-state index contributed by atoms with van der Waals surface area (Å²) in [5.74, 6) is -1.09. The van der Waals surface area contributed by atoms with Crippen molar-refractivity contribution in [3.05, 3.63) is 194 Å². The molecule has 0 fully saturated rings. The number of esters is 3. The number of hydrogen-bond donors (Lipinski definition) is 0. The van der Waals surface area contributed by atoms with Gasteiger partial charge in [-0.1, -0.05) is 241 Å². The van der Waals surface area contributed by atoms with Gasteiger partial charge in [-0.3, -0.25) is 14.4 Å². The minimum Gasteiger partial charge on any atom is -0.462 e. The molecule has 77 heavy (non-hydrogen) atoms. The zero-order valence-corrected chi connectivity index (χ0v) is 48.6. The molecule has 0 aliphatic rings. The number of unbranched alkanes of at least 4 members (excludes halogenated alkanes) is 8. The maximum absolute atomic E-state index is 12.9. The molecule has 0 aromatic rings. The third-order valence-electron chi connectivity index (χ3n) is 11.6. The highest BCUT2D eigenvalue weighted by Gasteiger charge is 2.19. The van der Waals surface area contributed by atoms with Crippen molar-refractivity contribution in [2.24, 2.45) is 0 Å². The molecule has 0 aromatic carbocycles. The molecule has 0 bridgehead atoms. The molecular weight excluding hydrogens is 949 g/mol. The van der Waals surface area contributed by atoms with Crippen molar-refractivity contribution in [3.8, 4) is 0 Å². The van der Waals surface area contributed by atoms with Crippen molar-refractivity contribution >= 4 is 17.9 Å². The third kappa shape index (κ3) is 61.0. The quantitative estimate of drug-likeness (QED) is 0.0261. The van der Waals surface area contributed by atoms with Crippen LogP contribution in [-0.2, 0) is 28.6 Å². The van der Waals surface area contributed by atoms with Crippen LogP contribution in [0.5, 0.6) is 0 Å². The molecule has 0 amide bonds. The van der Waals surface area contributed by atoms with E-state index >= 15 is 0 Å². The highest BCUT2D eigenvalue weighted by Crippen LogP contribution is 2.11. The van der Waals surface area contributed by atoms with E-state index in [2.05, 4.69) is 203 Å². The van der Waals surface area contributed by atoms with E-state index in [-0.39, 0.29) is 38.0 Å². The lowest BCUT2D eigenvalue weighted by atomic mass is 10.1. The second-order valence-electron chi connectivity index (χ2n) is 18.8. The zero-order chi connectivity index (χ0) is 55.7. The van der Waals surface area contributed by atoms with E-state index in [4.69, 9.17) is 14.2 Å². The Morgan fingerprint density at radius 3 is 0.792 bits per heavy atom. The van der Waals surface area contributed by atoms with Crippen LogP contribution in [0.2, 0.25) is 0 Å². The van der Waals surface area contributed by atoms with Gasteiger partial charge in [0.05, 0.1) is 0 Å². The smallest absolute Gasteiger partial charge is 0.306 e.